The fourth-order valence-electron chi connectivity index (χ4n) is 2.91. The normalized spacial score (nSPS) is 10.9. The highest BCUT2D eigenvalue weighted by Gasteiger charge is 2.13. The maximum Gasteiger partial charge on any atom is 0.368 e. The number of anilines is 1. The molecule has 9 heteroatoms. The summed E-state index contributed by atoms with van der Waals surface area (Å²) in [4.78, 5) is 35.8. The number of hydrogen-bond acceptors (Lipinski definition) is 6. The Hall–Kier alpha value is -4.01. The van der Waals surface area contributed by atoms with E-state index in [-0.39, 0.29) is 12.5 Å². The molecule has 0 saturated heterocycles. The topological polar surface area (TPSA) is 112 Å². The molecule has 0 atom stereocenters. The van der Waals surface area contributed by atoms with E-state index in [9.17, 15) is 14.4 Å². The van der Waals surface area contributed by atoms with E-state index in [0.717, 1.165) is 0 Å². The van der Waals surface area contributed by atoms with E-state index >= 15 is 0 Å². The largest absolute Gasteiger partial charge is 0.423 e. The molecule has 0 unspecified atom stereocenters. The molecule has 0 fully saturated rings. The van der Waals surface area contributed by atoms with Crippen molar-refractivity contribution in [3.05, 3.63) is 81.1 Å². The highest BCUT2D eigenvalue weighted by Crippen LogP contribution is 2.21. The molecule has 4 aromatic rings. The highest BCUT2D eigenvalue weighted by atomic mass is 16.4. The number of nitrogens with one attached hydrogen (secondary N) is 1. The Morgan fingerprint density at radius 3 is 2.61 bits per heavy atom. The molecule has 2 aromatic heterocycles. The van der Waals surface area contributed by atoms with Gasteiger partial charge in [0.25, 0.3) is 0 Å². The molecule has 0 bridgehead atoms. The maximum absolute atomic E-state index is 12.6. The summed E-state index contributed by atoms with van der Waals surface area (Å²) in [5, 5.41) is 11.1. The molecule has 0 radical (unpaired) electrons. The standard InChI is InChI=1S/C19H15N5O4/c1-12(25)20-14-7-8-16-13(9-18(26)28-17(16)10-14)11-23-19(27)24(22-21-23)15-5-3-2-4-6-15/h2-10H,11H2,1H3,(H,20,25). The van der Waals surface area contributed by atoms with Crippen molar-refractivity contribution < 1.29 is 9.21 Å². The van der Waals surface area contributed by atoms with Crippen molar-refractivity contribution in [1.82, 2.24) is 19.8 Å². The molecule has 1 amide bonds. The number of nitrogens with zero attached hydrogens (tertiary/aromatic N) is 4. The summed E-state index contributed by atoms with van der Waals surface area (Å²) in [6.45, 7) is 1.44. The van der Waals surface area contributed by atoms with Crippen LogP contribution in [-0.2, 0) is 11.3 Å². The Kier molecular flexibility index (Phi) is 4.32. The zero-order valence-electron chi connectivity index (χ0n) is 14.8. The van der Waals surface area contributed by atoms with Crippen LogP contribution in [0.4, 0.5) is 5.69 Å². The van der Waals surface area contributed by atoms with Gasteiger partial charge in [0.15, 0.2) is 0 Å². The van der Waals surface area contributed by atoms with Crippen LogP contribution in [0.3, 0.4) is 0 Å². The number of amides is 1. The van der Waals surface area contributed by atoms with Crippen LogP contribution < -0.4 is 16.6 Å². The number of carbonyl (C=O) groups excluding carboxylic acids is 1. The molecule has 0 aliphatic carbocycles. The molecule has 0 aliphatic rings. The first-order valence-corrected chi connectivity index (χ1v) is 8.44. The Labute approximate surface area is 157 Å². The number of hydrogen-bond donors (Lipinski definition) is 1. The van der Waals surface area contributed by atoms with E-state index in [1.54, 1.807) is 42.5 Å². The van der Waals surface area contributed by atoms with Crippen molar-refractivity contribution in [1.29, 1.82) is 0 Å². The number of rotatable bonds is 4. The van der Waals surface area contributed by atoms with Gasteiger partial charge < -0.3 is 9.73 Å². The van der Waals surface area contributed by atoms with Gasteiger partial charge in [-0.15, -0.1) is 0 Å². The third-order valence-corrected chi connectivity index (χ3v) is 4.11. The highest BCUT2D eigenvalue weighted by molar-refractivity contribution is 5.92. The molecule has 0 saturated carbocycles. The predicted molar refractivity (Wildman–Crippen MR) is 102 cm³/mol. The number of tetrazole rings is 1. The Bertz CT molecular complexity index is 1290. The first-order valence-electron chi connectivity index (χ1n) is 8.44. The average molecular weight is 377 g/mol. The minimum atomic E-state index is -0.564. The van der Waals surface area contributed by atoms with Gasteiger partial charge in [-0.05, 0) is 40.3 Å². The molecular formula is C19H15N5O4. The molecule has 0 spiro atoms. The molecule has 140 valence electrons. The van der Waals surface area contributed by atoms with Gasteiger partial charge in [0, 0.05) is 30.1 Å². The summed E-state index contributed by atoms with van der Waals surface area (Å²) < 4.78 is 7.58. The predicted octanol–water partition coefficient (Wildman–Crippen LogP) is 1.54. The van der Waals surface area contributed by atoms with Crippen LogP contribution in [0, 0.1) is 0 Å². The van der Waals surface area contributed by atoms with Crippen molar-refractivity contribution in [3.8, 4) is 5.69 Å². The zero-order valence-corrected chi connectivity index (χ0v) is 14.8. The number of para-hydroxylation sites is 1. The third-order valence-electron chi connectivity index (χ3n) is 4.11. The van der Waals surface area contributed by atoms with Gasteiger partial charge in [0.2, 0.25) is 5.91 Å². The second kappa shape index (κ2) is 6.95. The van der Waals surface area contributed by atoms with Crippen molar-refractivity contribution in [2.75, 3.05) is 5.32 Å². The summed E-state index contributed by atoms with van der Waals surface area (Å²) in [5.41, 5.74) is 0.970. The van der Waals surface area contributed by atoms with E-state index in [0.29, 0.717) is 27.9 Å². The van der Waals surface area contributed by atoms with Gasteiger partial charge in [0.1, 0.15) is 5.58 Å². The molecule has 0 aliphatic heterocycles. The van der Waals surface area contributed by atoms with E-state index < -0.39 is 11.3 Å². The van der Waals surface area contributed by atoms with Gasteiger partial charge in [0.05, 0.1) is 12.2 Å². The van der Waals surface area contributed by atoms with Crippen LogP contribution in [0.1, 0.15) is 12.5 Å². The summed E-state index contributed by atoms with van der Waals surface area (Å²) in [6.07, 6.45) is 0. The number of benzene rings is 2. The molecule has 1 N–H and O–H groups in total. The number of aromatic nitrogens is 4. The Balaban J connectivity index is 1.74. The quantitative estimate of drug-likeness (QED) is 0.540. The van der Waals surface area contributed by atoms with Crippen molar-refractivity contribution in [2.24, 2.45) is 0 Å². The second-order valence-electron chi connectivity index (χ2n) is 6.15. The lowest BCUT2D eigenvalue weighted by atomic mass is 10.1. The summed E-state index contributed by atoms with van der Waals surface area (Å²) in [7, 11) is 0. The van der Waals surface area contributed by atoms with Gasteiger partial charge in [-0.2, -0.15) is 9.36 Å². The van der Waals surface area contributed by atoms with E-state index in [2.05, 4.69) is 15.7 Å². The molecule has 9 nitrogen and oxygen atoms in total. The summed E-state index contributed by atoms with van der Waals surface area (Å²) >= 11 is 0. The first kappa shape index (κ1) is 17.4. The Morgan fingerprint density at radius 1 is 1.07 bits per heavy atom. The van der Waals surface area contributed by atoms with Crippen LogP contribution in [-0.4, -0.2) is 25.7 Å². The maximum atomic E-state index is 12.6. The molecular weight excluding hydrogens is 362 g/mol. The second-order valence-corrected chi connectivity index (χ2v) is 6.15. The molecule has 28 heavy (non-hydrogen) atoms. The Morgan fingerprint density at radius 2 is 1.86 bits per heavy atom. The molecule has 4 rings (SSSR count). The lowest BCUT2D eigenvalue weighted by Gasteiger charge is -2.07. The first-order chi connectivity index (χ1) is 13.5. The van der Waals surface area contributed by atoms with Gasteiger partial charge in [-0.3, -0.25) is 4.79 Å². The van der Waals surface area contributed by atoms with Gasteiger partial charge in [-0.25, -0.2) is 9.59 Å². The van der Waals surface area contributed by atoms with Crippen molar-refractivity contribution in [3.63, 3.8) is 0 Å². The number of carbonyl (C=O) groups is 1. The van der Waals surface area contributed by atoms with E-state index in [1.807, 2.05) is 6.07 Å². The molecule has 2 aromatic carbocycles. The van der Waals surface area contributed by atoms with Crippen molar-refractivity contribution in [2.45, 2.75) is 13.5 Å². The molecule has 2 heterocycles. The monoisotopic (exact) mass is 377 g/mol. The summed E-state index contributed by atoms with van der Waals surface area (Å²) in [5.74, 6) is -0.234. The minimum absolute atomic E-state index is 0.0489. The fraction of sp³-hybridized carbons (Fsp3) is 0.105. The zero-order chi connectivity index (χ0) is 19.7. The van der Waals surface area contributed by atoms with Gasteiger partial charge in [-0.1, -0.05) is 18.2 Å². The van der Waals surface area contributed by atoms with Crippen LogP contribution in [0.5, 0.6) is 0 Å². The smallest absolute Gasteiger partial charge is 0.368 e. The van der Waals surface area contributed by atoms with E-state index in [1.165, 1.54) is 22.4 Å². The lowest BCUT2D eigenvalue weighted by molar-refractivity contribution is -0.114. The summed E-state index contributed by atoms with van der Waals surface area (Å²) in [6, 6.07) is 15.2. The van der Waals surface area contributed by atoms with Crippen LogP contribution in [0.15, 0.2) is 68.6 Å². The van der Waals surface area contributed by atoms with Crippen LogP contribution in [0.2, 0.25) is 0 Å². The van der Waals surface area contributed by atoms with Gasteiger partial charge >= 0.3 is 11.3 Å². The fourth-order valence-corrected chi connectivity index (χ4v) is 2.91. The third kappa shape index (κ3) is 3.32. The van der Waals surface area contributed by atoms with Crippen LogP contribution in [0.25, 0.3) is 16.7 Å². The average Bonchev–Trinajstić information content (AvgIpc) is 3.02. The van der Waals surface area contributed by atoms with E-state index in [4.69, 9.17) is 4.42 Å². The lowest BCUT2D eigenvalue weighted by Crippen LogP contribution is -2.25. The van der Waals surface area contributed by atoms with Crippen LogP contribution >= 0.6 is 0 Å². The SMILES string of the molecule is CC(=O)Nc1ccc2c(Cn3nnn(-c4ccccc4)c3=O)cc(=O)oc2c1. The minimum Gasteiger partial charge on any atom is -0.423 e. The van der Waals surface area contributed by atoms with Crippen molar-refractivity contribution >= 4 is 22.6 Å². The number of fused-ring (bicyclic) bond motifs is 1.